The molecule has 1 unspecified atom stereocenters. The molecule has 8 heteroatoms. The van der Waals surface area contributed by atoms with Gasteiger partial charge < -0.3 is 20.4 Å². The number of aromatic nitrogens is 2. The minimum Gasteiger partial charge on any atom is -0.342 e. The van der Waals surface area contributed by atoms with Crippen LogP contribution >= 0.6 is 0 Å². The van der Waals surface area contributed by atoms with Crippen LogP contribution in [0, 0.1) is 5.92 Å². The Balaban J connectivity index is 1.40. The molecule has 29 heavy (non-hydrogen) atoms. The van der Waals surface area contributed by atoms with Crippen LogP contribution in [-0.2, 0) is 11.8 Å². The summed E-state index contributed by atoms with van der Waals surface area (Å²) in [5, 5.41) is 10.3. The van der Waals surface area contributed by atoms with Crippen molar-refractivity contribution in [1.29, 1.82) is 0 Å². The summed E-state index contributed by atoms with van der Waals surface area (Å²) in [4.78, 5) is 29.2. The van der Waals surface area contributed by atoms with Gasteiger partial charge in [0.2, 0.25) is 5.91 Å². The molecule has 2 N–H and O–H groups in total. The number of urea groups is 1. The number of aryl methyl sites for hydroxylation is 1. The van der Waals surface area contributed by atoms with Gasteiger partial charge in [-0.15, -0.1) is 0 Å². The van der Waals surface area contributed by atoms with Crippen LogP contribution < -0.4 is 10.6 Å². The van der Waals surface area contributed by atoms with E-state index >= 15 is 0 Å². The average Bonchev–Trinajstić information content (AvgIpc) is 3.14. The van der Waals surface area contributed by atoms with E-state index in [1.165, 1.54) is 19.3 Å². The van der Waals surface area contributed by atoms with Crippen LogP contribution in [0.1, 0.15) is 56.6 Å². The Labute approximate surface area is 174 Å². The number of likely N-dealkylation sites (N-methyl/N-ethyl adjacent to an activating group) is 1. The number of amides is 3. The van der Waals surface area contributed by atoms with Gasteiger partial charge in [0.05, 0.1) is 12.2 Å². The Bertz CT molecular complexity index is 674. The summed E-state index contributed by atoms with van der Waals surface area (Å²) in [7, 11) is 5.88. The first-order chi connectivity index (χ1) is 13.9. The number of rotatable bonds is 6. The first kappa shape index (κ1) is 21.6. The van der Waals surface area contributed by atoms with E-state index in [9.17, 15) is 9.59 Å². The molecule has 0 aromatic carbocycles. The fraction of sp³-hybridized carbons (Fsp3) is 0.762. The fourth-order valence-corrected chi connectivity index (χ4v) is 4.49. The highest BCUT2D eigenvalue weighted by Crippen LogP contribution is 2.26. The highest BCUT2D eigenvalue weighted by molar-refractivity contribution is 5.79. The number of nitrogens with one attached hydrogen (secondary N) is 2. The molecule has 3 rings (SSSR count). The molecule has 1 aromatic heterocycles. The maximum atomic E-state index is 12.7. The van der Waals surface area contributed by atoms with Crippen LogP contribution in [0.25, 0.3) is 0 Å². The minimum absolute atomic E-state index is 0.0735. The lowest BCUT2D eigenvalue weighted by Crippen LogP contribution is -2.51. The molecule has 1 aliphatic carbocycles. The Hall–Kier alpha value is -2.09. The zero-order valence-electron chi connectivity index (χ0n) is 18.1. The van der Waals surface area contributed by atoms with E-state index in [1.807, 2.05) is 38.4 Å². The zero-order chi connectivity index (χ0) is 20.8. The highest BCUT2D eigenvalue weighted by Gasteiger charge is 2.29. The van der Waals surface area contributed by atoms with Crippen LogP contribution in [0.3, 0.4) is 0 Å². The van der Waals surface area contributed by atoms with E-state index in [2.05, 4.69) is 20.6 Å². The van der Waals surface area contributed by atoms with E-state index < -0.39 is 0 Å². The molecule has 3 amide bonds. The van der Waals surface area contributed by atoms with Crippen LogP contribution in [0.15, 0.2) is 12.4 Å². The molecule has 1 aromatic rings. The summed E-state index contributed by atoms with van der Waals surface area (Å²) < 4.78 is 1.77. The van der Waals surface area contributed by atoms with Crippen molar-refractivity contribution < 1.29 is 9.59 Å². The van der Waals surface area contributed by atoms with E-state index in [4.69, 9.17) is 0 Å². The zero-order valence-corrected chi connectivity index (χ0v) is 18.1. The third kappa shape index (κ3) is 5.95. The van der Waals surface area contributed by atoms with E-state index in [0.717, 1.165) is 44.3 Å². The van der Waals surface area contributed by atoms with Crippen molar-refractivity contribution in [3.8, 4) is 0 Å². The average molecular weight is 405 g/mol. The Morgan fingerprint density at radius 1 is 1.17 bits per heavy atom. The normalized spacial score (nSPS) is 19.9. The number of likely N-dealkylation sites (tertiary alicyclic amines) is 1. The number of hydrogen-bond donors (Lipinski definition) is 2. The molecule has 0 radical (unpaired) electrons. The lowest BCUT2D eigenvalue weighted by molar-refractivity contribution is -0.137. The van der Waals surface area contributed by atoms with Gasteiger partial charge in [0, 0.05) is 50.4 Å². The van der Waals surface area contributed by atoms with Crippen LogP contribution in [-0.4, -0.2) is 71.3 Å². The lowest BCUT2D eigenvalue weighted by atomic mass is 9.87. The molecule has 1 saturated carbocycles. The molecule has 2 aliphatic rings. The van der Waals surface area contributed by atoms with Crippen LogP contribution in [0.2, 0.25) is 0 Å². The summed E-state index contributed by atoms with van der Waals surface area (Å²) in [6.07, 6.45) is 11.2. The van der Waals surface area contributed by atoms with E-state index in [-0.39, 0.29) is 24.0 Å². The fourth-order valence-electron chi connectivity index (χ4n) is 4.49. The van der Waals surface area contributed by atoms with Gasteiger partial charge in [-0.2, -0.15) is 5.10 Å². The minimum atomic E-state index is -0.141. The SMILES string of the molecule is CN(C)C(CNC(=O)NC1CCN(C(=O)C2CCCCC2)CC1)c1cnn(C)c1. The molecule has 0 spiro atoms. The first-order valence-electron chi connectivity index (χ1n) is 10.9. The number of carbonyl (C=O) groups is 2. The van der Waals surface area contributed by atoms with Gasteiger partial charge in [-0.25, -0.2) is 4.79 Å². The van der Waals surface area contributed by atoms with Gasteiger partial charge in [0.15, 0.2) is 0 Å². The Kier molecular flexibility index (Phi) is 7.52. The second kappa shape index (κ2) is 10.1. The summed E-state index contributed by atoms with van der Waals surface area (Å²) in [5.74, 6) is 0.560. The maximum absolute atomic E-state index is 12.7. The molecular formula is C21H36N6O2. The molecule has 2 fully saturated rings. The van der Waals surface area contributed by atoms with Gasteiger partial charge in [-0.1, -0.05) is 19.3 Å². The number of hydrogen-bond acceptors (Lipinski definition) is 4. The van der Waals surface area contributed by atoms with Crippen molar-refractivity contribution in [3.05, 3.63) is 18.0 Å². The molecule has 1 aliphatic heterocycles. The van der Waals surface area contributed by atoms with Gasteiger partial charge in [0.1, 0.15) is 0 Å². The second-order valence-corrected chi connectivity index (χ2v) is 8.72. The van der Waals surface area contributed by atoms with Gasteiger partial charge in [-0.3, -0.25) is 9.48 Å². The quantitative estimate of drug-likeness (QED) is 0.759. The van der Waals surface area contributed by atoms with Crippen molar-refractivity contribution in [1.82, 2.24) is 30.2 Å². The molecular weight excluding hydrogens is 368 g/mol. The molecule has 1 atom stereocenters. The van der Waals surface area contributed by atoms with Crippen LogP contribution in [0.4, 0.5) is 4.79 Å². The van der Waals surface area contributed by atoms with Crippen molar-refractivity contribution in [3.63, 3.8) is 0 Å². The third-order valence-electron chi connectivity index (χ3n) is 6.29. The molecule has 2 heterocycles. The van der Waals surface area contributed by atoms with Gasteiger partial charge in [-0.05, 0) is 39.8 Å². The van der Waals surface area contributed by atoms with Gasteiger partial charge in [0.25, 0.3) is 0 Å². The topological polar surface area (TPSA) is 82.5 Å². The van der Waals surface area contributed by atoms with Crippen molar-refractivity contribution >= 4 is 11.9 Å². The number of piperidine rings is 1. The molecule has 1 saturated heterocycles. The first-order valence-corrected chi connectivity index (χ1v) is 10.9. The Morgan fingerprint density at radius 2 is 1.86 bits per heavy atom. The smallest absolute Gasteiger partial charge is 0.315 e. The molecule has 8 nitrogen and oxygen atoms in total. The third-order valence-corrected chi connectivity index (χ3v) is 6.29. The van der Waals surface area contributed by atoms with Gasteiger partial charge >= 0.3 is 6.03 Å². The van der Waals surface area contributed by atoms with Crippen molar-refractivity contribution in [2.24, 2.45) is 13.0 Å². The maximum Gasteiger partial charge on any atom is 0.315 e. The monoisotopic (exact) mass is 404 g/mol. The number of nitrogens with zero attached hydrogens (tertiary/aromatic N) is 4. The predicted molar refractivity (Wildman–Crippen MR) is 112 cm³/mol. The van der Waals surface area contributed by atoms with Crippen molar-refractivity contribution in [2.45, 2.75) is 57.0 Å². The summed E-state index contributed by atoms with van der Waals surface area (Å²) in [5.41, 5.74) is 1.08. The van der Waals surface area contributed by atoms with E-state index in [1.54, 1.807) is 4.68 Å². The largest absolute Gasteiger partial charge is 0.342 e. The van der Waals surface area contributed by atoms with E-state index in [0.29, 0.717) is 12.5 Å². The molecule has 162 valence electrons. The molecule has 0 bridgehead atoms. The second-order valence-electron chi connectivity index (χ2n) is 8.72. The van der Waals surface area contributed by atoms with Crippen LogP contribution in [0.5, 0.6) is 0 Å². The summed E-state index contributed by atoms with van der Waals surface area (Å²) in [6.45, 7) is 2.01. The summed E-state index contributed by atoms with van der Waals surface area (Å²) >= 11 is 0. The number of carbonyl (C=O) groups excluding carboxylic acids is 2. The van der Waals surface area contributed by atoms with Crippen molar-refractivity contribution in [2.75, 3.05) is 33.7 Å². The Morgan fingerprint density at radius 3 is 2.45 bits per heavy atom. The standard InChI is InChI=1S/C21H36N6O2/c1-25(2)19(17-13-23-26(3)15-17)14-22-21(29)24-18-9-11-27(12-10-18)20(28)16-7-5-4-6-8-16/h13,15-16,18-19H,4-12,14H2,1-3H3,(H2,22,24,29). The summed E-state index contributed by atoms with van der Waals surface area (Å²) in [6, 6.07) is 0.0591. The lowest BCUT2D eigenvalue weighted by Gasteiger charge is -2.35. The highest BCUT2D eigenvalue weighted by atomic mass is 16.2. The predicted octanol–water partition coefficient (Wildman–Crippen LogP) is 1.89.